The molecule has 0 bridgehead atoms. The van der Waals surface area contributed by atoms with Crippen molar-refractivity contribution in [3.05, 3.63) is 48.3 Å². The number of hydrogen-bond donors (Lipinski definition) is 0. The Morgan fingerprint density at radius 1 is 1.17 bits per heavy atom. The van der Waals surface area contributed by atoms with Crippen molar-refractivity contribution in [2.45, 2.75) is 6.54 Å². The lowest BCUT2D eigenvalue weighted by molar-refractivity contribution is -0.751. The molecule has 1 aliphatic heterocycles. The van der Waals surface area contributed by atoms with E-state index in [1.807, 2.05) is 0 Å². The normalized spacial score (nSPS) is 12.7. The summed E-state index contributed by atoms with van der Waals surface area (Å²) in [7, 11) is 0. The van der Waals surface area contributed by atoms with Crippen LogP contribution in [-0.4, -0.2) is 4.68 Å². The van der Waals surface area contributed by atoms with Crippen LogP contribution >= 0.6 is 0 Å². The van der Waals surface area contributed by atoms with Crippen molar-refractivity contribution in [3.63, 3.8) is 0 Å². The van der Waals surface area contributed by atoms with Gasteiger partial charge >= 0.3 is 0 Å². The minimum Gasteiger partial charge on any atom is -0.128 e. The van der Waals surface area contributed by atoms with Crippen molar-refractivity contribution in [1.82, 2.24) is 4.68 Å². The van der Waals surface area contributed by atoms with Gasteiger partial charge in [0.25, 0.3) is 0 Å². The third-order valence-corrected chi connectivity index (χ3v) is 2.33. The number of nitrogens with zero attached hydrogens (tertiary/aromatic N) is 2. The third-order valence-electron chi connectivity index (χ3n) is 2.33. The zero-order valence-corrected chi connectivity index (χ0v) is 6.64. The largest absolute Gasteiger partial charge is 0.200 e. The molecule has 0 N–H and O–H groups in total. The van der Waals surface area contributed by atoms with Gasteiger partial charge in [-0.3, -0.25) is 0 Å². The minimum absolute atomic E-state index is 1.00. The summed E-state index contributed by atoms with van der Waals surface area (Å²) in [5.41, 5.74) is 2.71. The van der Waals surface area contributed by atoms with Crippen LogP contribution in [0.2, 0.25) is 0 Å². The summed E-state index contributed by atoms with van der Waals surface area (Å²) in [6.45, 7) is 1.00. The molecule has 0 radical (unpaired) electrons. The maximum Gasteiger partial charge on any atom is 0.200 e. The van der Waals surface area contributed by atoms with Crippen LogP contribution < -0.4 is 4.68 Å². The highest BCUT2D eigenvalue weighted by molar-refractivity contribution is 5.40. The molecule has 2 heteroatoms. The molecule has 2 aromatic rings. The molecular formula is C10H9N2+. The van der Waals surface area contributed by atoms with Gasteiger partial charge in [-0.1, -0.05) is 18.2 Å². The molecule has 0 atom stereocenters. The number of para-hydroxylation sites is 1. The smallest absolute Gasteiger partial charge is 0.128 e. The van der Waals surface area contributed by atoms with E-state index in [-0.39, 0.29) is 0 Å². The Bertz CT molecular complexity index is 429. The molecule has 2 heterocycles. The molecule has 0 saturated carbocycles. The lowest BCUT2D eigenvalue weighted by Gasteiger charge is -1.91. The summed E-state index contributed by atoms with van der Waals surface area (Å²) in [6, 6.07) is 10.6. The first kappa shape index (κ1) is 6.00. The van der Waals surface area contributed by atoms with Gasteiger partial charge < -0.3 is 0 Å². The average molecular weight is 157 g/mol. The number of rotatable bonds is 0. The SMILES string of the molecule is c1ccc2c(c1)C[n+]1cccn1-2. The molecule has 0 fully saturated rings. The molecule has 2 nitrogen and oxygen atoms in total. The highest BCUT2D eigenvalue weighted by atomic mass is 15.4. The van der Waals surface area contributed by atoms with Gasteiger partial charge in [0, 0.05) is 11.6 Å². The fourth-order valence-corrected chi connectivity index (χ4v) is 1.77. The molecular weight excluding hydrogens is 148 g/mol. The van der Waals surface area contributed by atoms with Crippen LogP contribution in [0.1, 0.15) is 5.56 Å². The van der Waals surface area contributed by atoms with E-state index in [4.69, 9.17) is 0 Å². The van der Waals surface area contributed by atoms with Crippen molar-refractivity contribution in [1.29, 1.82) is 0 Å². The Morgan fingerprint density at radius 3 is 3.08 bits per heavy atom. The molecule has 0 saturated heterocycles. The molecule has 3 rings (SSSR count). The third kappa shape index (κ3) is 0.619. The van der Waals surface area contributed by atoms with Crippen molar-refractivity contribution < 1.29 is 4.68 Å². The van der Waals surface area contributed by atoms with Crippen LogP contribution in [0.25, 0.3) is 5.69 Å². The number of fused-ring (bicyclic) bond motifs is 3. The summed E-state index contributed by atoms with van der Waals surface area (Å²) in [5, 5.41) is 0. The highest BCUT2D eigenvalue weighted by Gasteiger charge is 2.22. The van der Waals surface area contributed by atoms with Crippen molar-refractivity contribution in [2.24, 2.45) is 0 Å². The maximum atomic E-state index is 2.20. The van der Waals surface area contributed by atoms with E-state index < -0.39 is 0 Å². The van der Waals surface area contributed by atoms with E-state index in [0.29, 0.717) is 0 Å². The second kappa shape index (κ2) is 1.97. The maximum absolute atomic E-state index is 2.20. The van der Waals surface area contributed by atoms with Crippen LogP contribution in [0.5, 0.6) is 0 Å². The van der Waals surface area contributed by atoms with E-state index in [1.54, 1.807) is 0 Å². The molecule has 0 amide bonds. The van der Waals surface area contributed by atoms with Gasteiger partial charge in [-0.05, 0) is 6.07 Å². The molecule has 1 aromatic carbocycles. The van der Waals surface area contributed by atoms with Gasteiger partial charge in [-0.15, -0.1) is 9.36 Å². The number of aromatic nitrogens is 2. The Morgan fingerprint density at radius 2 is 2.08 bits per heavy atom. The first-order valence-corrected chi connectivity index (χ1v) is 4.10. The number of benzene rings is 1. The predicted octanol–water partition coefficient (Wildman–Crippen LogP) is 1.13. The topological polar surface area (TPSA) is 8.81 Å². The summed E-state index contributed by atoms with van der Waals surface area (Å²) in [5.74, 6) is 0. The number of hydrogen-bond acceptors (Lipinski definition) is 0. The van der Waals surface area contributed by atoms with Crippen LogP contribution in [0.3, 0.4) is 0 Å². The van der Waals surface area contributed by atoms with Gasteiger partial charge in [0.2, 0.25) is 0 Å². The minimum atomic E-state index is 1.00. The van der Waals surface area contributed by atoms with Crippen molar-refractivity contribution in [2.75, 3.05) is 0 Å². The quantitative estimate of drug-likeness (QED) is 0.432. The highest BCUT2D eigenvalue weighted by Crippen LogP contribution is 2.16. The molecule has 1 aromatic heterocycles. The van der Waals surface area contributed by atoms with E-state index in [1.165, 1.54) is 11.3 Å². The van der Waals surface area contributed by atoms with Crippen molar-refractivity contribution in [3.8, 4) is 5.69 Å². The van der Waals surface area contributed by atoms with Gasteiger partial charge in [0.15, 0.2) is 12.7 Å². The van der Waals surface area contributed by atoms with Crippen LogP contribution in [-0.2, 0) is 6.54 Å². The van der Waals surface area contributed by atoms with Gasteiger partial charge in [0.05, 0.1) is 6.20 Å². The zero-order chi connectivity index (χ0) is 7.97. The molecule has 0 spiro atoms. The predicted molar refractivity (Wildman–Crippen MR) is 45.1 cm³/mol. The summed E-state index contributed by atoms with van der Waals surface area (Å²) in [4.78, 5) is 0. The van der Waals surface area contributed by atoms with Crippen LogP contribution in [0, 0.1) is 0 Å². The Kier molecular flexibility index (Phi) is 0.987. The fourth-order valence-electron chi connectivity index (χ4n) is 1.77. The van der Waals surface area contributed by atoms with Gasteiger partial charge in [-0.25, -0.2) is 0 Å². The van der Waals surface area contributed by atoms with Gasteiger partial charge in [-0.2, -0.15) is 0 Å². The fraction of sp³-hybridized carbons (Fsp3) is 0.100. The van der Waals surface area contributed by atoms with E-state index in [9.17, 15) is 0 Å². The first-order valence-electron chi connectivity index (χ1n) is 4.10. The van der Waals surface area contributed by atoms with Crippen LogP contribution in [0.4, 0.5) is 0 Å². The van der Waals surface area contributed by atoms with E-state index in [2.05, 4.69) is 52.1 Å². The van der Waals surface area contributed by atoms with Gasteiger partial charge in [0.1, 0.15) is 5.69 Å². The first-order chi connectivity index (χ1) is 5.95. The monoisotopic (exact) mass is 157 g/mol. The second-order valence-electron chi connectivity index (χ2n) is 3.06. The molecule has 0 unspecified atom stereocenters. The van der Waals surface area contributed by atoms with Crippen molar-refractivity contribution >= 4 is 0 Å². The Hall–Kier alpha value is -1.57. The molecule has 0 aliphatic carbocycles. The molecule has 12 heavy (non-hydrogen) atoms. The lowest BCUT2D eigenvalue weighted by atomic mass is 10.2. The second-order valence-corrected chi connectivity index (χ2v) is 3.06. The average Bonchev–Trinajstić information content (AvgIpc) is 2.62. The van der Waals surface area contributed by atoms with Crippen LogP contribution in [0.15, 0.2) is 42.7 Å². The lowest BCUT2D eigenvalue weighted by Crippen LogP contribution is -2.36. The molecule has 1 aliphatic rings. The summed E-state index contributed by atoms with van der Waals surface area (Å²) in [6.07, 6.45) is 4.19. The zero-order valence-electron chi connectivity index (χ0n) is 6.64. The standard InChI is InChI=1S/C10H9N2/c1-2-5-10-9(4-1)8-11-6-3-7-12(10)11/h1-7H,8H2/q+1. The summed E-state index contributed by atoms with van der Waals surface area (Å²) < 4.78 is 4.38. The van der Waals surface area contributed by atoms with E-state index >= 15 is 0 Å². The molecule has 58 valence electrons. The summed E-state index contributed by atoms with van der Waals surface area (Å²) >= 11 is 0. The Labute approximate surface area is 70.7 Å². The Balaban J connectivity index is 2.34. The van der Waals surface area contributed by atoms with E-state index in [0.717, 1.165) is 6.54 Å².